The lowest BCUT2D eigenvalue weighted by Gasteiger charge is -2.31. The first-order chi connectivity index (χ1) is 12.3. The Morgan fingerprint density at radius 2 is 2.07 bits per heavy atom. The van der Waals surface area contributed by atoms with E-state index in [9.17, 15) is 4.79 Å². The SMILES string of the molecule is CN=C(NCc1nc(C(C)C)c(C)s1)NC1CCCC(C(=O)N(C)C)C1.I. The lowest BCUT2D eigenvalue weighted by Crippen LogP contribution is -2.46. The van der Waals surface area contributed by atoms with Gasteiger partial charge in [0.1, 0.15) is 5.01 Å². The first-order valence-corrected chi connectivity index (χ1v) is 10.3. The number of carbonyl (C=O) groups is 1. The van der Waals surface area contributed by atoms with Gasteiger partial charge in [-0.2, -0.15) is 0 Å². The van der Waals surface area contributed by atoms with E-state index in [-0.39, 0.29) is 41.8 Å². The van der Waals surface area contributed by atoms with Gasteiger partial charge in [-0.15, -0.1) is 35.3 Å². The minimum atomic E-state index is 0. The summed E-state index contributed by atoms with van der Waals surface area (Å²) in [6.45, 7) is 7.15. The smallest absolute Gasteiger partial charge is 0.225 e. The van der Waals surface area contributed by atoms with E-state index in [4.69, 9.17) is 4.98 Å². The summed E-state index contributed by atoms with van der Waals surface area (Å²) in [7, 11) is 5.45. The summed E-state index contributed by atoms with van der Waals surface area (Å²) < 4.78 is 0. The molecule has 0 bridgehead atoms. The number of halogens is 1. The highest BCUT2D eigenvalue weighted by Gasteiger charge is 2.28. The van der Waals surface area contributed by atoms with Gasteiger partial charge in [0.2, 0.25) is 5.91 Å². The zero-order valence-electron chi connectivity index (χ0n) is 17.3. The van der Waals surface area contributed by atoms with Crippen LogP contribution in [0.3, 0.4) is 0 Å². The van der Waals surface area contributed by atoms with Gasteiger partial charge in [0, 0.05) is 38.0 Å². The predicted molar refractivity (Wildman–Crippen MR) is 124 cm³/mol. The Morgan fingerprint density at radius 1 is 1.37 bits per heavy atom. The summed E-state index contributed by atoms with van der Waals surface area (Å²) in [5.41, 5.74) is 1.19. The van der Waals surface area contributed by atoms with Gasteiger partial charge in [-0.1, -0.05) is 20.3 Å². The zero-order valence-corrected chi connectivity index (χ0v) is 20.5. The summed E-state index contributed by atoms with van der Waals surface area (Å²) in [4.78, 5) is 24.3. The van der Waals surface area contributed by atoms with Gasteiger partial charge in [0.25, 0.3) is 0 Å². The molecule has 2 N–H and O–H groups in total. The number of guanidine groups is 1. The number of aromatic nitrogens is 1. The molecule has 154 valence electrons. The largest absolute Gasteiger partial charge is 0.354 e. The number of amides is 1. The molecule has 2 atom stereocenters. The Labute approximate surface area is 184 Å². The molecule has 0 saturated heterocycles. The molecule has 1 aliphatic rings. The van der Waals surface area contributed by atoms with E-state index in [0.717, 1.165) is 36.7 Å². The van der Waals surface area contributed by atoms with Gasteiger partial charge in [0.05, 0.1) is 12.2 Å². The predicted octanol–water partition coefficient (Wildman–Crippen LogP) is 3.50. The van der Waals surface area contributed by atoms with Crippen molar-refractivity contribution in [3.05, 3.63) is 15.6 Å². The first kappa shape index (κ1) is 24.1. The van der Waals surface area contributed by atoms with Crippen LogP contribution in [0.5, 0.6) is 0 Å². The second-order valence-electron chi connectivity index (χ2n) is 7.57. The third-order valence-corrected chi connectivity index (χ3v) is 5.85. The third kappa shape index (κ3) is 6.89. The summed E-state index contributed by atoms with van der Waals surface area (Å²) in [5.74, 6) is 1.58. The molecule has 1 aromatic heterocycles. The third-order valence-electron chi connectivity index (χ3n) is 4.86. The molecule has 2 unspecified atom stereocenters. The molecule has 8 heteroatoms. The minimum absolute atomic E-state index is 0. The topological polar surface area (TPSA) is 69.6 Å². The number of carbonyl (C=O) groups excluding carboxylic acids is 1. The monoisotopic (exact) mass is 507 g/mol. The molecule has 0 spiro atoms. The van der Waals surface area contributed by atoms with Gasteiger partial charge < -0.3 is 15.5 Å². The maximum absolute atomic E-state index is 12.2. The lowest BCUT2D eigenvalue weighted by atomic mass is 9.85. The first-order valence-electron chi connectivity index (χ1n) is 9.46. The van der Waals surface area contributed by atoms with Gasteiger partial charge >= 0.3 is 0 Å². The van der Waals surface area contributed by atoms with Crippen molar-refractivity contribution < 1.29 is 4.79 Å². The molecule has 27 heavy (non-hydrogen) atoms. The van der Waals surface area contributed by atoms with Crippen LogP contribution in [-0.2, 0) is 11.3 Å². The molecular formula is C19H34IN5OS. The maximum atomic E-state index is 12.2. The van der Waals surface area contributed by atoms with Crippen LogP contribution in [0.1, 0.15) is 61.0 Å². The van der Waals surface area contributed by atoms with E-state index in [1.807, 2.05) is 14.1 Å². The normalized spacial score (nSPS) is 20.2. The van der Waals surface area contributed by atoms with E-state index >= 15 is 0 Å². The van der Waals surface area contributed by atoms with Crippen LogP contribution < -0.4 is 10.6 Å². The van der Waals surface area contributed by atoms with Gasteiger partial charge in [-0.3, -0.25) is 9.79 Å². The second kappa shape index (κ2) is 11.2. The summed E-state index contributed by atoms with van der Waals surface area (Å²) in [5, 5.41) is 7.94. The number of nitrogens with zero attached hydrogens (tertiary/aromatic N) is 3. The molecule has 0 radical (unpaired) electrons. The van der Waals surface area contributed by atoms with E-state index in [1.54, 1.807) is 23.3 Å². The number of aliphatic imine (C=N–C) groups is 1. The summed E-state index contributed by atoms with van der Waals surface area (Å²) in [6.07, 6.45) is 4.00. The van der Waals surface area contributed by atoms with E-state index in [2.05, 4.69) is 36.4 Å². The van der Waals surface area contributed by atoms with Crippen molar-refractivity contribution >= 4 is 47.2 Å². The van der Waals surface area contributed by atoms with Crippen molar-refractivity contribution in [2.24, 2.45) is 10.9 Å². The number of nitrogens with one attached hydrogen (secondary N) is 2. The molecule has 6 nitrogen and oxygen atoms in total. The number of thiazole rings is 1. The molecule has 1 aliphatic carbocycles. The second-order valence-corrected chi connectivity index (χ2v) is 8.85. The fraction of sp³-hybridized carbons (Fsp3) is 0.737. The summed E-state index contributed by atoms with van der Waals surface area (Å²) >= 11 is 1.74. The van der Waals surface area contributed by atoms with Crippen molar-refractivity contribution in [3.63, 3.8) is 0 Å². The van der Waals surface area contributed by atoms with Gasteiger partial charge in [-0.05, 0) is 32.1 Å². The van der Waals surface area contributed by atoms with Crippen LogP contribution in [0.15, 0.2) is 4.99 Å². The van der Waals surface area contributed by atoms with Crippen molar-refractivity contribution in [1.82, 2.24) is 20.5 Å². The Kier molecular flexibility index (Phi) is 10.0. The van der Waals surface area contributed by atoms with Gasteiger partial charge in [0.15, 0.2) is 5.96 Å². The van der Waals surface area contributed by atoms with E-state index in [0.29, 0.717) is 12.5 Å². The minimum Gasteiger partial charge on any atom is -0.354 e. The molecule has 1 aromatic rings. The lowest BCUT2D eigenvalue weighted by molar-refractivity contribution is -0.134. The van der Waals surface area contributed by atoms with Crippen LogP contribution >= 0.6 is 35.3 Å². The molecule has 1 saturated carbocycles. The highest BCUT2D eigenvalue weighted by Crippen LogP contribution is 2.26. The average Bonchev–Trinajstić information content (AvgIpc) is 2.99. The fourth-order valence-corrected chi connectivity index (χ4v) is 4.56. The van der Waals surface area contributed by atoms with Crippen molar-refractivity contribution in [3.8, 4) is 0 Å². The van der Waals surface area contributed by atoms with Crippen molar-refractivity contribution in [1.29, 1.82) is 0 Å². The highest BCUT2D eigenvalue weighted by molar-refractivity contribution is 14.0. The maximum Gasteiger partial charge on any atom is 0.225 e. The van der Waals surface area contributed by atoms with Crippen LogP contribution in [0.25, 0.3) is 0 Å². The fourth-order valence-electron chi connectivity index (χ4n) is 3.53. The number of rotatable bonds is 5. The molecular weight excluding hydrogens is 473 g/mol. The van der Waals surface area contributed by atoms with Crippen LogP contribution in [0.2, 0.25) is 0 Å². The van der Waals surface area contributed by atoms with Crippen molar-refractivity contribution in [2.45, 2.75) is 65.0 Å². The molecule has 1 fully saturated rings. The van der Waals surface area contributed by atoms with Crippen LogP contribution in [0, 0.1) is 12.8 Å². The quantitative estimate of drug-likeness (QED) is 0.364. The zero-order chi connectivity index (χ0) is 19.3. The van der Waals surface area contributed by atoms with Gasteiger partial charge in [-0.25, -0.2) is 4.98 Å². The molecule has 1 amide bonds. The Bertz CT molecular complexity index is 644. The highest BCUT2D eigenvalue weighted by atomic mass is 127. The molecule has 0 aliphatic heterocycles. The standard InChI is InChI=1S/C19H33N5OS.HI/c1-12(2)17-13(3)26-16(23-17)11-21-19(20-4)22-15-9-7-8-14(10-15)18(25)24(5)6;/h12,14-15H,7-11H2,1-6H3,(H2,20,21,22);1H. The Hall–Kier alpha value is -0.900. The average molecular weight is 507 g/mol. The van der Waals surface area contributed by atoms with Crippen LogP contribution in [-0.4, -0.2) is 48.9 Å². The molecule has 1 heterocycles. The Balaban J connectivity index is 0.00000364. The Morgan fingerprint density at radius 3 is 2.63 bits per heavy atom. The van der Waals surface area contributed by atoms with E-state index in [1.165, 1.54) is 10.6 Å². The van der Waals surface area contributed by atoms with Crippen LogP contribution in [0.4, 0.5) is 0 Å². The van der Waals surface area contributed by atoms with Crippen molar-refractivity contribution in [2.75, 3.05) is 21.1 Å². The molecule has 2 rings (SSSR count). The summed E-state index contributed by atoms with van der Waals surface area (Å²) in [6, 6.07) is 0.285. The number of hydrogen-bond acceptors (Lipinski definition) is 4. The number of aryl methyl sites for hydroxylation is 1. The number of hydrogen-bond donors (Lipinski definition) is 2. The molecule has 0 aromatic carbocycles. The van der Waals surface area contributed by atoms with E-state index < -0.39 is 0 Å².